The molecule has 0 saturated carbocycles. The highest BCUT2D eigenvalue weighted by Crippen LogP contribution is 2.29. The van der Waals surface area contributed by atoms with Gasteiger partial charge < -0.3 is 10.2 Å². The number of phenolic OH excluding ortho intramolecular Hbond substituents is 1. The molecule has 18 heavy (non-hydrogen) atoms. The summed E-state index contributed by atoms with van der Waals surface area (Å²) in [6.07, 6.45) is 0. The maximum absolute atomic E-state index is 11.2. The quantitative estimate of drug-likeness (QED) is 0.639. The lowest BCUT2D eigenvalue weighted by Gasteiger charge is -2.06. The zero-order chi connectivity index (χ0) is 12.7. The number of aromatic carboxylic acids is 1. The number of hydrogen-bond donors (Lipinski definition) is 2. The van der Waals surface area contributed by atoms with Gasteiger partial charge in [0.15, 0.2) is 0 Å². The van der Waals surface area contributed by atoms with Gasteiger partial charge in [-0.05, 0) is 45.8 Å². The normalized spacial score (nSPS) is 10.9. The topological polar surface area (TPSA) is 57.5 Å². The number of aromatic hydroxyl groups is 1. The maximum atomic E-state index is 11.2. The number of hydrogen-bond acceptors (Lipinski definition) is 2. The Morgan fingerprint density at radius 1 is 0.889 bits per heavy atom. The largest absolute Gasteiger partial charge is 0.508 e. The van der Waals surface area contributed by atoms with E-state index in [1.807, 2.05) is 36.4 Å². The molecular formula is C15H10O3. The third-order valence-corrected chi connectivity index (χ3v) is 3.03. The van der Waals surface area contributed by atoms with Crippen molar-refractivity contribution in [2.75, 3.05) is 0 Å². The fourth-order valence-electron chi connectivity index (χ4n) is 2.21. The molecule has 3 aromatic rings. The summed E-state index contributed by atoms with van der Waals surface area (Å²) in [5.41, 5.74) is 0.121. The number of rotatable bonds is 1. The number of benzene rings is 3. The van der Waals surface area contributed by atoms with Crippen molar-refractivity contribution in [3.63, 3.8) is 0 Å². The number of fused-ring (bicyclic) bond motifs is 2. The summed E-state index contributed by atoms with van der Waals surface area (Å²) in [6.45, 7) is 0. The van der Waals surface area contributed by atoms with Crippen molar-refractivity contribution in [1.82, 2.24) is 0 Å². The van der Waals surface area contributed by atoms with Crippen LogP contribution in [0.15, 0.2) is 48.5 Å². The van der Waals surface area contributed by atoms with Crippen LogP contribution in [-0.4, -0.2) is 16.2 Å². The van der Waals surface area contributed by atoms with Crippen molar-refractivity contribution in [2.24, 2.45) is 0 Å². The Morgan fingerprint density at radius 3 is 2.22 bits per heavy atom. The molecule has 0 spiro atoms. The van der Waals surface area contributed by atoms with Crippen LogP contribution in [0.1, 0.15) is 10.4 Å². The van der Waals surface area contributed by atoms with Crippen molar-refractivity contribution < 1.29 is 15.0 Å². The van der Waals surface area contributed by atoms with Gasteiger partial charge in [-0.2, -0.15) is 0 Å². The second-order valence-electron chi connectivity index (χ2n) is 4.22. The lowest BCUT2D eigenvalue weighted by molar-refractivity contribution is 0.0698. The first kappa shape index (κ1) is 10.6. The number of phenols is 1. The van der Waals surface area contributed by atoms with Crippen LogP contribution < -0.4 is 0 Å². The standard InChI is InChI=1S/C15H10O3/c16-12-6-11-5-9-3-1-2-4-10(9)7-13(11)14(8-12)15(17)18/h1-8,16H,(H,17,18). The average molecular weight is 238 g/mol. The zero-order valence-corrected chi connectivity index (χ0v) is 9.42. The van der Waals surface area contributed by atoms with E-state index < -0.39 is 5.97 Å². The molecule has 0 aliphatic heterocycles. The van der Waals surface area contributed by atoms with Crippen molar-refractivity contribution in [3.8, 4) is 5.75 Å². The van der Waals surface area contributed by atoms with E-state index in [0.29, 0.717) is 5.39 Å². The molecule has 0 aliphatic rings. The Bertz CT molecular complexity index is 775. The molecule has 3 aromatic carbocycles. The summed E-state index contributed by atoms with van der Waals surface area (Å²) in [6, 6.07) is 14.3. The SMILES string of the molecule is O=C(O)c1cc(O)cc2cc3ccccc3cc12. The van der Waals surface area contributed by atoms with Gasteiger partial charge in [0, 0.05) is 0 Å². The van der Waals surface area contributed by atoms with Gasteiger partial charge >= 0.3 is 5.97 Å². The first-order valence-electron chi connectivity index (χ1n) is 5.54. The zero-order valence-electron chi connectivity index (χ0n) is 9.42. The van der Waals surface area contributed by atoms with Gasteiger partial charge in [-0.15, -0.1) is 0 Å². The Hall–Kier alpha value is -2.55. The summed E-state index contributed by atoms with van der Waals surface area (Å²) in [5, 5.41) is 22.1. The molecule has 0 aromatic heterocycles. The molecule has 0 amide bonds. The second-order valence-corrected chi connectivity index (χ2v) is 4.22. The fraction of sp³-hybridized carbons (Fsp3) is 0. The van der Waals surface area contributed by atoms with Gasteiger partial charge in [0.05, 0.1) is 5.56 Å². The Morgan fingerprint density at radius 2 is 1.56 bits per heavy atom. The molecule has 2 N–H and O–H groups in total. The molecule has 0 atom stereocenters. The van der Waals surface area contributed by atoms with Crippen LogP contribution in [0, 0.1) is 0 Å². The first-order valence-corrected chi connectivity index (χ1v) is 5.54. The van der Waals surface area contributed by atoms with Crippen LogP contribution in [0.3, 0.4) is 0 Å². The highest BCUT2D eigenvalue weighted by atomic mass is 16.4. The lowest BCUT2D eigenvalue weighted by Crippen LogP contribution is -1.97. The molecular weight excluding hydrogens is 228 g/mol. The maximum Gasteiger partial charge on any atom is 0.336 e. The van der Waals surface area contributed by atoms with E-state index in [1.54, 1.807) is 6.07 Å². The molecule has 88 valence electrons. The van der Waals surface area contributed by atoms with E-state index in [-0.39, 0.29) is 11.3 Å². The summed E-state index contributed by atoms with van der Waals surface area (Å²) in [5.74, 6) is -1.07. The van der Waals surface area contributed by atoms with Crippen molar-refractivity contribution in [2.45, 2.75) is 0 Å². The van der Waals surface area contributed by atoms with E-state index in [4.69, 9.17) is 5.11 Å². The monoisotopic (exact) mass is 238 g/mol. The van der Waals surface area contributed by atoms with E-state index in [0.717, 1.165) is 16.2 Å². The molecule has 0 aliphatic carbocycles. The minimum Gasteiger partial charge on any atom is -0.508 e. The highest BCUT2D eigenvalue weighted by molar-refractivity contribution is 6.09. The Labute approximate surface area is 103 Å². The van der Waals surface area contributed by atoms with E-state index in [2.05, 4.69) is 0 Å². The fourth-order valence-corrected chi connectivity index (χ4v) is 2.21. The summed E-state index contributed by atoms with van der Waals surface area (Å²) in [7, 11) is 0. The Balaban J connectivity index is 2.49. The first-order chi connectivity index (χ1) is 8.65. The lowest BCUT2D eigenvalue weighted by atomic mass is 9.99. The van der Waals surface area contributed by atoms with E-state index >= 15 is 0 Å². The van der Waals surface area contributed by atoms with Crippen LogP contribution in [-0.2, 0) is 0 Å². The molecule has 0 saturated heterocycles. The van der Waals surface area contributed by atoms with Gasteiger partial charge in [-0.25, -0.2) is 4.79 Å². The predicted octanol–water partition coefficient (Wildman–Crippen LogP) is 3.40. The summed E-state index contributed by atoms with van der Waals surface area (Å²) in [4.78, 5) is 11.2. The molecule has 0 heterocycles. The summed E-state index contributed by atoms with van der Waals surface area (Å²) < 4.78 is 0. The summed E-state index contributed by atoms with van der Waals surface area (Å²) >= 11 is 0. The van der Waals surface area contributed by atoms with Crippen LogP contribution in [0.2, 0.25) is 0 Å². The molecule has 3 nitrogen and oxygen atoms in total. The van der Waals surface area contributed by atoms with Crippen molar-refractivity contribution in [1.29, 1.82) is 0 Å². The highest BCUT2D eigenvalue weighted by Gasteiger charge is 2.11. The van der Waals surface area contributed by atoms with Crippen LogP contribution in [0.25, 0.3) is 21.5 Å². The van der Waals surface area contributed by atoms with Gasteiger partial charge in [-0.1, -0.05) is 24.3 Å². The third kappa shape index (κ3) is 1.57. The van der Waals surface area contributed by atoms with Gasteiger partial charge in [0.1, 0.15) is 5.75 Å². The van der Waals surface area contributed by atoms with E-state index in [1.165, 1.54) is 6.07 Å². The number of carboxylic acid groups (broad SMARTS) is 1. The number of carboxylic acids is 1. The van der Waals surface area contributed by atoms with Gasteiger partial charge in [0.2, 0.25) is 0 Å². The van der Waals surface area contributed by atoms with Crippen molar-refractivity contribution >= 4 is 27.5 Å². The van der Waals surface area contributed by atoms with Gasteiger partial charge in [-0.3, -0.25) is 0 Å². The van der Waals surface area contributed by atoms with Crippen LogP contribution in [0.5, 0.6) is 5.75 Å². The molecule has 3 rings (SSSR count). The molecule has 0 unspecified atom stereocenters. The van der Waals surface area contributed by atoms with E-state index in [9.17, 15) is 9.90 Å². The minimum absolute atomic E-state index is 0.0322. The second kappa shape index (κ2) is 3.74. The van der Waals surface area contributed by atoms with Crippen LogP contribution >= 0.6 is 0 Å². The Kier molecular flexibility index (Phi) is 2.20. The molecule has 3 heteroatoms. The smallest absolute Gasteiger partial charge is 0.336 e. The molecule has 0 fully saturated rings. The van der Waals surface area contributed by atoms with Crippen molar-refractivity contribution in [3.05, 3.63) is 54.1 Å². The predicted molar refractivity (Wildman–Crippen MR) is 70.1 cm³/mol. The van der Waals surface area contributed by atoms with Crippen LogP contribution in [0.4, 0.5) is 0 Å². The van der Waals surface area contributed by atoms with Gasteiger partial charge in [0.25, 0.3) is 0 Å². The molecule has 0 radical (unpaired) electrons. The average Bonchev–Trinajstić information content (AvgIpc) is 2.35. The minimum atomic E-state index is -1.04. The third-order valence-electron chi connectivity index (χ3n) is 3.03. The number of carbonyl (C=O) groups is 1. The molecule has 0 bridgehead atoms.